The lowest BCUT2D eigenvalue weighted by Gasteiger charge is -2.38. The minimum Gasteiger partial charge on any atom is -0.470 e. The van der Waals surface area contributed by atoms with Crippen molar-refractivity contribution in [3.63, 3.8) is 0 Å². The van der Waals surface area contributed by atoms with Gasteiger partial charge in [-0.1, -0.05) is 26.0 Å². The molecule has 0 bridgehead atoms. The van der Waals surface area contributed by atoms with E-state index in [-0.39, 0.29) is 12.0 Å². The van der Waals surface area contributed by atoms with Gasteiger partial charge in [-0.2, -0.15) is 5.26 Å². The number of ether oxygens (including phenoxy) is 1. The van der Waals surface area contributed by atoms with Crippen molar-refractivity contribution in [3.8, 4) is 11.9 Å². The monoisotopic (exact) mass is 367 g/mol. The summed E-state index contributed by atoms with van der Waals surface area (Å²) in [4.78, 5) is 19.5. The van der Waals surface area contributed by atoms with Gasteiger partial charge in [0.05, 0.1) is 19.5 Å². The van der Waals surface area contributed by atoms with Crippen LogP contribution in [0.3, 0.4) is 0 Å². The highest BCUT2D eigenvalue weighted by molar-refractivity contribution is 7.99. The standard InChI is InChI=1S/C20H21N3O2S/c1-14(2)26-18-7-5-15(6-8-18)10-19(24)23-12-17(13-23)25-20-16(11-21)4-3-9-22-20/h3-9,14,17H,10,12-13H2,1-2H3. The molecule has 0 radical (unpaired) electrons. The number of aromatic nitrogens is 1. The van der Waals surface area contributed by atoms with Crippen molar-refractivity contribution < 1.29 is 9.53 Å². The molecule has 2 heterocycles. The molecule has 0 saturated carbocycles. The molecule has 1 aromatic carbocycles. The fourth-order valence-electron chi connectivity index (χ4n) is 2.69. The Kier molecular flexibility index (Phi) is 5.79. The smallest absolute Gasteiger partial charge is 0.232 e. The Morgan fingerprint density at radius 2 is 2.08 bits per heavy atom. The molecule has 1 fully saturated rings. The molecule has 1 aliphatic rings. The summed E-state index contributed by atoms with van der Waals surface area (Å²) >= 11 is 1.81. The number of pyridine rings is 1. The first-order chi connectivity index (χ1) is 12.5. The van der Waals surface area contributed by atoms with Crippen LogP contribution < -0.4 is 4.74 Å². The minimum absolute atomic E-state index is 0.0932. The van der Waals surface area contributed by atoms with E-state index in [9.17, 15) is 4.79 Å². The third kappa shape index (κ3) is 4.55. The van der Waals surface area contributed by atoms with E-state index in [0.717, 1.165) is 5.56 Å². The summed E-state index contributed by atoms with van der Waals surface area (Å²) in [6.07, 6.45) is 1.89. The van der Waals surface area contributed by atoms with Gasteiger partial charge in [0, 0.05) is 16.3 Å². The van der Waals surface area contributed by atoms with Crippen molar-refractivity contribution in [1.82, 2.24) is 9.88 Å². The lowest BCUT2D eigenvalue weighted by atomic mass is 10.1. The first-order valence-electron chi connectivity index (χ1n) is 8.60. The van der Waals surface area contributed by atoms with E-state index in [1.807, 2.05) is 23.9 Å². The van der Waals surface area contributed by atoms with E-state index in [1.54, 1.807) is 23.2 Å². The van der Waals surface area contributed by atoms with Crippen LogP contribution >= 0.6 is 11.8 Å². The summed E-state index contributed by atoms with van der Waals surface area (Å²) in [6.45, 7) is 5.38. The van der Waals surface area contributed by atoms with E-state index in [1.165, 1.54) is 4.90 Å². The quantitative estimate of drug-likeness (QED) is 0.733. The molecule has 0 aliphatic carbocycles. The number of likely N-dealkylation sites (tertiary alicyclic amines) is 1. The Labute approximate surface area is 158 Å². The number of nitrogens with zero attached hydrogens (tertiary/aromatic N) is 3. The molecule has 1 aliphatic heterocycles. The first kappa shape index (κ1) is 18.3. The number of benzene rings is 1. The van der Waals surface area contributed by atoms with Gasteiger partial charge in [-0.25, -0.2) is 4.98 Å². The Balaban J connectivity index is 1.48. The second-order valence-corrected chi connectivity index (χ2v) is 8.14. The van der Waals surface area contributed by atoms with Crippen molar-refractivity contribution in [3.05, 3.63) is 53.7 Å². The number of nitriles is 1. The van der Waals surface area contributed by atoms with Gasteiger partial charge in [-0.05, 0) is 29.8 Å². The van der Waals surface area contributed by atoms with Gasteiger partial charge in [-0.3, -0.25) is 4.79 Å². The fourth-order valence-corrected chi connectivity index (χ4v) is 3.53. The molecule has 5 nitrogen and oxygen atoms in total. The SMILES string of the molecule is CC(C)Sc1ccc(CC(=O)N2CC(Oc3ncccc3C#N)C2)cc1. The number of rotatable bonds is 6. The third-order valence-corrected chi connectivity index (χ3v) is 5.04. The number of carbonyl (C=O) groups is 1. The lowest BCUT2D eigenvalue weighted by Crippen LogP contribution is -2.56. The van der Waals surface area contributed by atoms with Crippen molar-refractivity contribution in [2.75, 3.05) is 13.1 Å². The van der Waals surface area contributed by atoms with Crippen LogP contribution in [0.2, 0.25) is 0 Å². The van der Waals surface area contributed by atoms with Gasteiger partial charge < -0.3 is 9.64 Å². The van der Waals surface area contributed by atoms with Gasteiger partial charge >= 0.3 is 0 Å². The average Bonchev–Trinajstić information content (AvgIpc) is 2.59. The third-order valence-electron chi connectivity index (χ3n) is 4.02. The zero-order valence-corrected chi connectivity index (χ0v) is 15.7. The molecule has 26 heavy (non-hydrogen) atoms. The summed E-state index contributed by atoms with van der Waals surface area (Å²) in [5.41, 5.74) is 1.43. The summed E-state index contributed by atoms with van der Waals surface area (Å²) in [7, 11) is 0. The van der Waals surface area contributed by atoms with Crippen molar-refractivity contribution in [2.24, 2.45) is 0 Å². The molecular weight excluding hydrogens is 346 g/mol. The van der Waals surface area contributed by atoms with E-state index >= 15 is 0 Å². The molecule has 6 heteroatoms. The van der Waals surface area contributed by atoms with E-state index < -0.39 is 0 Å². The van der Waals surface area contributed by atoms with Crippen LogP contribution in [-0.2, 0) is 11.2 Å². The maximum Gasteiger partial charge on any atom is 0.232 e. The van der Waals surface area contributed by atoms with E-state index in [2.05, 4.69) is 37.0 Å². The zero-order valence-electron chi connectivity index (χ0n) is 14.9. The van der Waals surface area contributed by atoms with E-state index in [0.29, 0.717) is 36.2 Å². The summed E-state index contributed by atoms with van der Waals surface area (Å²) in [5.74, 6) is 0.431. The fraction of sp³-hybridized carbons (Fsp3) is 0.350. The number of carbonyl (C=O) groups excluding carboxylic acids is 1. The van der Waals surface area contributed by atoms with Crippen LogP contribution in [0, 0.1) is 11.3 Å². The van der Waals surface area contributed by atoms with Gasteiger partial charge in [0.1, 0.15) is 17.7 Å². The Bertz CT molecular complexity index is 809. The second-order valence-electron chi connectivity index (χ2n) is 6.49. The predicted molar refractivity (Wildman–Crippen MR) is 101 cm³/mol. The summed E-state index contributed by atoms with van der Waals surface area (Å²) in [5, 5.41) is 9.60. The van der Waals surface area contributed by atoms with Crippen molar-refractivity contribution >= 4 is 17.7 Å². The summed E-state index contributed by atoms with van der Waals surface area (Å²) in [6, 6.07) is 13.6. The number of hydrogen-bond donors (Lipinski definition) is 0. The Morgan fingerprint density at radius 1 is 1.35 bits per heavy atom. The average molecular weight is 367 g/mol. The zero-order chi connectivity index (χ0) is 18.5. The molecule has 3 rings (SSSR count). The molecule has 1 amide bonds. The van der Waals surface area contributed by atoms with Gasteiger partial charge in [0.25, 0.3) is 0 Å². The molecular formula is C20H21N3O2S. The lowest BCUT2D eigenvalue weighted by molar-refractivity contribution is -0.139. The molecule has 2 aromatic rings. The largest absolute Gasteiger partial charge is 0.470 e. The number of amides is 1. The number of hydrogen-bond acceptors (Lipinski definition) is 5. The maximum absolute atomic E-state index is 12.4. The normalized spacial score (nSPS) is 14.0. The molecule has 0 N–H and O–H groups in total. The molecule has 0 spiro atoms. The summed E-state index contributed by atoms with van der Waals surface area (Å²) < 4.78 is 5.73. The Morgan fingerprint density at radius 3 is 2.73 bits per heavy atom. The van der Waals surface area contributed by atoms with Crippen LogP contribution in [0.5, 0.6) is 5.88 Å². The van der Waals surface area contributed by atoms with Gasteiger partial charge in [-0.15, -0.1) is 11.8 Å². The van der Waals surface area contributed by atoms with Crippen LogP contribution in [-0.4, -0.2) is 40.2 Å². The van der Waals surface area contributed by atoms with Crippen LogP contribution in [0.1, 0.15) is 25.0 Å². The first-order valence-corrected chi connectivity index (χ1v) is 9.48. The van der Waals surface area contributed by atoms with Crippen molar-refractivity contribution in [1.29, 1.82) is 5.26 Å². The Hall–Kier alpha value is -2.52. The molecule has 1 saturated heterocycles. The molecule has 0 atom stereocenters. The highest BCUT2D eigenvalue weighted by Crippen LogP contribution is 2.24. The number of thioether (sulfide) groups is 1. The van der Waals surface area contributed by atoms with Crippen LogP contribution in [0.25, 0.3) is 0 Å². The second kappa shape index (κ2) is 8.24. The van der Waals surface area contributed by atoms with E-state index in [4.69, 9.17) is 10.00 Å². The maximum atomic E-state index is 12.4. The van der Waals surface area contributed by atoms with Crippen LogP contribution in [0.15, 0.2) is 47.5 Å². The molecule has 1 aromatic heterocycles. The highest BCUT2D eigenvalue weighted by Gasteiger charge is 2.32. The highest BCUT2D eigenvalue weighted by atomic mass is 32.2. The van der Waals surface area contributed by atoms with Gasteiger partial charge in [0.15, 0.2) is 0 Å². The van der Waals surface area contributed by atoms with Crippen molar-refractivity contribution in [2.45, 2.75) is 36.5 Å². The molecule has 134 valence electrons. The van der Waals surface area contributed by atoms with Crippen LogP contribution in [0.4, 0.5) is 0 Å². The topological polar surface area (TPSA) is 66.2 Å². The predicted octanol–water partition coefficient (Wildman–Crippen LogP) is 3.29. The van der Waals surface area contributed by atoms with Gasteiger partial charge in [0.2, 0.25) is 11.8 Å². The molecule has 0 unspecified atom stereocenters. The minimum atomic E-state index is -0.106.